The average Bonchev–Trinajstić information content (AvgIpc) is 3.53. The highest BCUT2D eigenvalue weighted by Gasteiger charge is 2.67. The molecule has 1 fully saturated rings. The van der Waals surface area contributed by atoms with Crippen LogP contribution in [0.2, 0.25) is 0 Å². The van der Waals surface area contributed by atoms with Crippen LogP contribution in [-0.2, 0) is 21.5 Å². The quantitative estimate of drug-likeness (QED) is 0.458. The minimum atomic E-state index is -0.731. The fourth-order valence-corrected chi connectivity index (χ4v) is 4.27. The Morgan fingerprint density at radius 3 is 2.07 bits per heavy atom. The summed E-state index contributed by atoms with van der Waals surface area (Å²) in [5.41, 5.74) is 2.24. The monoisotopic (exact) mass is 385 g/mol. The summed E-state index contributed by atoms with van der Waals surface area (Å²) in [7, 11) is 0. The molecule has 3 heteroatoms. The normalized spacial score (nSPS) is 20.8. The molecule has 1 aliphatic rings. The van der Waals surface area contributed by atoms with Crippen LogP contribution in [-0.4, -0.2) is 12.6 Å². The van der Waals surface area contributed by atoms with E-state index in [-0.39, 0.29) is 12.0 Å². The molecule has 3 aromatic carbocycles. The lowest BCUT2D eigenvalue weighted by atomic mass is 9.71. The third kappa shape index (κ3) is 3.58. The summed E-state index contributed by atoms with van der Waals surface area (Å²) < 4.78 is 5.76. The first-order valence-corrected chi connectivity index (χ1v) is 10.1. The first-order valence-electron chi connectivity index (χ1n) is 10.1. The molecule has 0 aromatic heterocycles. The molecule has 1 saturated heterocycles. The van der Waals surface area contributed by atoms with Crippen LogP contribution >= 0.6 is 0 Å². The van der Waals surface area contributed by atoms with E-state index in [0.29, 0.717) is 6.61 Å². The molecule has 4 rings (SSSR count). The van der Waals surface area contributed by atoms with Gasteiger partial charge in [0.2, 0.25) is 0 Å². The molecule has 0 amide bonds. The van der Waals surface area contributed by atoms with Crippen molar-refractivity contribution >= 4 is 5.97 Å². The number of carbonyl (C=O) groups excluding carboxylic acids is 1. The Hall–Kier alpha value is -2.91. The molecule has 1 heterocycles. The number of benzene rings is 3. The molecule has 0 radical (unpaired) electrons. The third-order valence-electron chi connectivity index (χ3n) is 6.05. The summed E-state index contributed by atoms with van der Waals surface area (Å²) in [5, 5.41) is 3.64. The van der Waals surface area contributed by atoms with Crippen LogP contribution in [0.3, 0.4) is 0 Å². The molecule has 3 aromatic rings. The van der Waals surface area contributed by atoms with Gasteiger partial charge in [0.05, 0.1) is 23.6 Å². The van der Waals surface area contributed by atoms with Gasteiger partial charge in [-0.1, -0.05) is 91.0 Å². The van der Waals surface area contributed by atoms with Crippen LogP contribution in [0.25, 0.3) is 0 Å². The van der Waals surface area contributed by atoms with Gasteiger partial charge in [0.15, 0.2) is 0 Å². The maximum Gasteiger partial charge on any atom is 0.313 e. The van der Waals surface area contributed by atoms with Gasteiger partial charge < -0.3 is 4.74 Å². The van der Waals surface area contributed by atoms with E-state index in [1.54, 1.807) is 0 Å². The first-order chi connectivity index (χ1) is 14.1. The molecule has 1 N–H and O–H groups in total. The fourth-order valence-electron chi connectivity index (χ4n) is 4.27. The molecule has 2 atom stereocenters. The highest BCUT2D eigenvalue weighted by Crippen LogP contribution is 2.59. The van der Waals surface area contributed by atoms with E-state index in [0.717, 1.165) is 12.0 Å². The van der Waals surface area contributed by atoms with Crippen molar-refractivity contribution in [3.63, 3.8) is 0 Å². The van der Waals surface area contributed by atoms with Crippen LogP contribution in [0.1, 0.15) is 36.6 Å². The highest BCUT2D eigenvalue weighted by atomic mass is 16.5. The van der Waals surface area contributed by atoms with Gasteiger partial charge in [-0.05, 0) is 30.5 Å². The standard InChI is InChI=1S/C26H27NO2/c1-25(2,24(28)29-19-18-20-12-6-3-7-13-20)26(22-16-10-5-11-17-22)23(27-26)21-14-8-4-9-15-21/h3-17,23,27H,18-19H2,1-2H3/t23-,26+/m0/s1. The summed E-state index contributed by atoms with van der Waals surface area (Å²) in [5.74, 6) is -0.178. The van der Waals surface area contributed by atoms with Crippen molar-refractivity contribution in [1.82, 2.24) is 5.32 Å². The summed E-state index contributed by atoms with van der Waals surface area (Å²) in [6.07, 6.45) is 0.719. The molecular formula is C26H27NO2. The minimum Gasteiger partial charge on any atom is -0.465 e. The molecule has 3 nitrogen and oxygen atoms in total. The summed E-state index contributed by atoms with van der Waals surface area (Å²) in [6, 6.07) is 30.7. The number of esters is 1. The van der Waals surface area contributed by atoms with E-state index in [1.807, 2.05) is 68.4 Å². The number of carbonyl (C=O) groups is 1. The second-order valence-electron chi connectivity index (χ2n) is 8.16. The zero-order chi connectivity index (χ0) is 20.3. The van der Waals surface area contributed by atoms with Crippen LogP contribution in [0.5, 0.6) is 0 Å². The maximum absolute atomic E-state index is 13.2. The molecule has 1 aliphatic heterocycles. The van der Waals surface area contributed by atoms with Crippen LogP contribution in [0, 0.1) is 5.41 Å². The Morgan fingerprint density at radius 1 is 0.897 bits per heavy atom. The van der Waals surface area contributed by atoms with E-state index < -0.39 is 11.0 Å². The third-order valence-corrected chi connectivity index (χ3v) is 6.05. The second-order valence-corrected chi connectivity index (χ2v) is 8.16. The molecule has 0 spiro atoms. The lowest BCUT2D eigenvalue weighted by Crippen LogP contribution is -2.42. The van der Waals surface area contributed by atoms with Crippen molar-refractivity contribution in [2.45, 2.75) is 31.8 Å². The number of hydrogen-bond donors (Lipinski definition) is 1. The van der Waals surface area contributed by atoms with E-state index in [2.05, 4.69) is 41.7 Å². The highest BCUT2D eigenvalue weighted by molar-refractivity contribution is 5.80. The van der Waals surface area contributed by atoms with Gasteiger partial charge in [-0.15, -0.1) is 0 Å². The van der Waals surface area contributed by atoms with Crippen molar-refractivity contribution < 1.29 is 9.53 Å². The van der Waals surface area contributed by atoms with Crippen LogP contribution < -0.4 is 5.32 Å². The molecular weight excluding hydrogens is 358 g/mol. The Balaban J connectivity index is 1.56. The maximum atomic E-state index is 13.2. The number of rotatable bonds is 7. The number of hydrogen-bond acceptors (Lipinski definition) is 3. The van der Waals surface area contributed by atoms with Gasteiger partial charge in [-0.2, -0.15) is 0 Å². The van der Waals surface area contributed by atoms with Crippen LogP contribution in [0.4, 0.5) is 0 Å². The van der Waals surface area contributed by atoms with Crippen molar-refractivity contribution in [3.05, 3.63) is 108 Å². The van der Waals surface area contributed by atoms with E-state index in [9.17, 15) is 4.79 Å². The predicted octanol–water partition coefficient (Wildman–Crippen LogP) is 5.04. The van der Waals surface area contributed by atoms with Crippen molar-refractivity contribution in [3.8, 4) is 0 Å². The van der Waals surface area contributed by atoms with E-state index in [1.165, 1.54) is 11.1 Å². The zero-order valence-corrected chi connectivity index (χ0v) is 17.0. The van der Waals surface area contributed by atoms with Crippen molar-refractivity contribution in [2.24, 2.45) is 5.41 Å². The van der Waals surface area contributed by atoms with E-state index >= 15 is 0 Å². The van der Waals surface area contributed by atoms with E-state index in [4.69, 9.17) is 4.74 Å². The molecule has 0 saturated carbocycles. The largest absolute Gasteiger partial charge is 0.465 e. The van der Waals surface area contributed by atoms with Crippen molar-refractivity contribution in [1.29, 1.82) is 0 Å². The Bertz CT molecular complexity index is 954. The Morgan fingerprint density at radius 2 is 1.45 bits per heavy atom. The Labute approximate surface area is 172 Å². The molecule has 0 aliphatic carbocycles. The predicted molar refractivity (Wildman–Crippen MR) is 115 cm³/mol. The van der Waals surface area contributed by atoms with Gasteiger partial charge in [0.25, 0.3) is 0 Å². The molecule has 0 unspecified atom stereocenters. The van der Waals surface area contributed by atoms with Gasteiger partial charge >= 0.3 is 5.97 Å². The smallest absolute Gasteiger partial charge is 0.313 e. The topological polar surface area (TPSA) is 48.2 Å². The number of nitrogens with one attached hydrogen (secondary N) is 1. The van der Waals surface area contributed by atoms with Gasteiger partial charge in [0, 0.05) is 6.42 Å². The lowest BCUT2D eigenvalue weighted by molar-refractivity contribution is -0.156. The van der Waals surface area contributed by atoms with Gasteiger partial charge in [-0.25, -0.2) is 0 Å². The first kappa shape index (κ1) is 19.4. The second kappa shape index (κ2) is 7.84. The minimum absolute atomic E-state index is 0.0720. The van der Waals surface area contributed by atoms with Crippen LogP contribution in [0.15, 0.2) is 91.0 Å². The Kier molecular flexibility index (Phi) is 5.25. The summed E-state index contributed by atoms with van der Waals surface area (Å²) in [6.45, 7) is 4.36. The lowest BCUT2D eigenvalue weighted by Gasteiger charge is -2.33. The number of ether oxygens (including phenoxy) is 1. The zero-order valence-electron chi connectivity index (χ0n) is 17.0. The summed E-state index contributed by atoms with van der Waals surface area (Å²) in [4.78, 5) is 13.2. The SMILES string of the molecule is CC(C)(C(=O)OCCc1ccccc1)[C@]1(c2ccccc2)N[C@H]1c1ccccc1. The average molecular weight is 386 g/mol. The molecule has 29 heavy (non-hydrogen) atoms. The van der Waals surface area contributed by atoms with Gasteiger partial charge in [-0.3, -0.25) is 10.1 Å². The molecule has 0 bridgehead atoms. The molecule has 148 valence electrons. The van der Waals surface area contributed by atoms with Crippen molar-refractivity contribution in [2.75, 3.05) is 6.61 Å². The fraction of sp³-hybridized carbons (Fsp3) is 0.269. The summed E-state index contributed by atoms with van der Waals surface area (Å²) >= 11 is 0. The van der Waals surface area contributed by atoms with Gasteiger partial charge in [0.1, 0.15) is 0 Å².